The molecule has 2 aliphatic heterocycles. The Bertz CT molecular complexity index is 1510. The average Bonchev–Trinajstić information content (AvgIpc) is 3.21. The van der Waals surface area contributed by atoms with Crippen molar-refractivity contribution in [1.29, 1.82) is 0 Å². The predicted molar refractivity (Wildman–Crippen MR) is 151 cm³/mol. The van der Waals surface area contributed by atoms with Crippen molar-refractivity contribution >= 4 is 62.9 Å². The lowest BCUT2D eigenvalue weighted by molar-refractivity contribution is -0.120. The molecule has 2 unspecified atom stereocenters. The summed E-state index contributed by atoms with van der Waals surface area (Å²) in [6.45, 7) is 3.25. The van der Waals surface area contributed by atoms with Crippen LogP contribution in [0.25, 0.3) is 10.8 Å². The molecular formula is C29H23Cl3N4O. The topological polar surface area (TPSA) is 47.9 Å². The summed E-state index contributed by atoms with van der Waals surface area (Å²) in [7, 11) is 0. The summed E-state index contributed by atoms with van der Waals surface area (Å²) in [6, 6.07) is 25.2. The number of rotatable bonds is 4. The van der Waals surface area contributed by atoms with Gasteiger partial charge in [-0.05, 0) is 57.8 Å². The third-order valence-corrected chi connectivity index (χ3v) is 7.83. The molecule has 0 aromatic heterocycles. The molecule has 4 aromatic rings. The minimum absolute atomic E-state index is 0.214. The van der Waals surface area contributed by atoms with Crippen LogP contribution in [-0.2, 0) is 17.9 Å². The minimum atomic E-state index is -0.243. The largest absolute Gasteiger partial charge is 0.283 e. The molecule has 2 atom stereocenters. The van der Waals surface area contributed by atoms with Crippen LogP contribution in [0.2, 0.25) is 15.1 Å². The number of hydrogen-bond acceptors (Lipinski definition) is 4. The van der Waals surface area contributed by atoms with E-state index in [0.717, 1.165) is 5.56 Å². The SMILES string of the molecule is CC1C(C(=O)NN2Cc3cccc4cccc(c34)C2)=NN(c2ccc(Cl)cc2Cl)C1c1ccc(Cl)cc1. The molecule has 2 heterocycles. The summed E-state index contributed by atoms with van der Waals surface area (Å²) in [6.07, 6.45) is 0. The van der Waals surface area contributed by atoms with Gasteiger partial charge >= 0.3 is 0 Å². The Morgan fingerprint density at radius 1 is 0.892 bits per heavy atom. The quantitative estimate of drug-likeness (QED) is 0.288. The molecule has 0 saturated carbocycles. The van der Waals surface area contributed by atoms with E-state index in [0.29, 0.717) is 39.6 Å². The summed E-state index contributed by atoms with van der Waals surface area (Å²) in [5.74, 6) is -0.445. The Kier molecular flexibility index (Phi) is 6.33. The molecular weight excluding hydrogens is 527 g/mol. The van der Waals surface area contributed by atoms with Crippen LogP contribution in [0.3, 0.4) is 0 Å². The fourth-order valence-electron chi connectivity index (χ4n) is 5.36. The summed E-state index contributed by atoms with van der Waals surface area (Å²) in [4.78, 5) is 13.6. The molecule has 6 rings (SSSR count). The Labute approximate surface area is 230 Å². The first-order valence-corrected chi connectivity index (χ1v) is 13.2. The summed E-state index contributed by atoms with van der Waals surface area (Å²) in [5, 5.41) is 12.7. The molecule has 37 heavy (non-hydrogen) atoms. The van der Waals surface area contributed by atoms with E-state index in [1.54, 1.807) is 12.1 Å². The molecule has 5 nitrogen and oxygen atoms in total. The highest BCUT2D eigenvalue weighted by Gasteiger charge is 2.40. The van der Waals surface area contributed by atoms with E-state index >= 15 is 0 Å². The molecule has 2 aliphatic rings. The number of hydrogen-bond donors (Lipinski definition) is 1. The lowest BCUT2D eigenvalue weighted by Gasteiger charge is -2.30. The first kappa shape index (κ1) is 24.3. The highest BCUT2D eigenvalue weighted by Crippen LogP contribution is 2.42. The van der Waals surface area contributed by atoms with Crippen molar-refractivity contribution in [3.63, 3.8) is 0 Å². The molecule has 0 saturated heterocycles. The van der Waals surface area contributed by atoms with Gasteiger partial charge in [0, 0.05) is 29.1 Å². The summed E-state index contributed by atoms with van der Waals surface area (Å²) < 4.78 is 0. The van der Waals surface area contributed by atoms with Crippen LogP contribution in [0.1, 0.15) is 29.7 Å². The molecule has 8 heteroatoms. The molecule has 0 spiro atoms. The maximum Gasteiger partial charge on any atom is 0.282 e. The third-order valence-electron chi connectivity index (χ3n) is 7.04. The number of carbonyl (C=O) groups excluding carboxylic acids is 1. The van der Waals surface area contributed by atoms with Gasteiger partial charge in [0.05, 0.1) is 16.8 Å². The van der Waals surface area contributed by atoms with Gasteiger partial charge in [0.15, 0.2) is 0 Å². The lowest BCUT2D eigenvalue weighted by Crippen LogP contribution is -2.46. The highest BCUT2D eigenvalue weighted by molar-refractivity contribution is 6.41. The van der Waals surface area contributed by atoms with Gasteiger partial charge in [-0.1, -0.05) is 90.3 Å². The number of benzene rings is 4. The van der Waals surface area contributed by atoms with E-state index in [-0.39, 0.29) is 17.9 Å². The standard InChI is InChI=1S/C29H23Cl3N4O/c1-17-27(29(37)34-35-15-20-6-2-4-18-5-3-7-21(16-35)26(18)20)33-36(25-13-12-23(31)14-24(25)32)28(17)19-8-10-22(30)11-9-19/h2-14,17,28H,15-16H2,1H3,(H,34,37). The minimum Gasteiger partial charge on any atom is -0.283 e. The van der Waals surface area contributed by atoms with Crippen LogP contribution in [0.4, 0.5) is 5.69 Å². The zero-order chi connectivity index (χ0) is 25.7. The van der Waals surface area contributed by atoms with Crippen molar-refractivity contribution in [2.45, 2.75) is 26.1 Å². The smallest absolute Gasteiger partial charge is 0.282 e. The van der Waals surface area contributed by atoms with E-state index in [1.807, 2.05) is 47.3 Å². The van der Waals surface area contributed by atoms with E-state index < -0.39 is 0 Å². The number of hydrazone groups is 1. The molecule has 4 aromatic carbocycles. The van der Waals surface area contributed by atoms with Gasteiger partial charge in [-0.25, -0.2) is 5.01 Å². The first-order valence-electron chi connectivity index (χ1n) is 12.0. The Morgan fingerprint density at radius 3 is 2.19 bits per heavy atom. The van der Waals surface area contributed by atoms with Crippen LogP contribution >= 0.6 is 34.8 Å². The Morgan fingerprint density at radius 2 is 1.54 bits per heavy atom. The van der Waals surface area contributed by atoms with Crippen LogP contribution in [0, 0.1) is 5.92 Å². The van der Waals surface area contributed by atoms with Crippen LogP contribution in [0.5, 0.6) is 0 Å². The summed E-state index contributed by atoms with van der Waals surface area (Å²) >= 11 is 18.9. The molecule has 186 valence electrons. The van der Waals surface area contributed by atoms with Gasteiger partial charge in [0.25, 0.3) is 5.91 Å². The van der Waals surface area contributed by atoms with Crippen LogP contribution in [-0.4, -0.2) is 16.6 Å². The zero-order valence-electron chi connectivity index (χ0n) is 20.0. The molecule has 0 fully saturated rings. The number of nitrogens with one attached hydrogen (secondary N) is 1. The van der Waals surface area contributed by atoms with Crippen LogP contribution < -0.4 is 10.4 Å². The van der Waals surface area contributed by atoms with Crippen molar-refractivity contribution in [3.05, 3.63) is 111 Å². The first-order chi connectivity index (χ1) is 17.9. The maximum absolute atomic E-state index is 13.6. The summed E-state index contributed by atoms with van der Waals surface area (Å²) in [5.41, 5.74) is 7.59. The Hall–Kier alpha value is -3.09. The molecule has 0 bridgehead atoms. The molecule has 1 N–H and O–H groups in total. The van der Waals surface area contributed by atoms with Crippen molar-refractivity contribution < 1.29 is 4.79 Å². The number of carbonyl (C=O) groups is 1. The van der Waals surface area contributed by atoms with Gasteiger partial charge in [0.1, 0.15) is 5.71 Å². The normalized spacial score (nSPS) is 19.2. The van der Waals surface area contributed by atoms with Crippen molar-refractivity contribution in [3.8, 4) is 0 Å². The van der Waals surface area contributed by atoms with Crippen molar-refractivity contribution in [1.82, 2.24) is 10.4 Å². The molecule has 1 amide bonds. The monoisotopic (exact) mass is 548 g/mol. The third kappa shape index (κ3) is 4.47. The zero-order valence-corrected chi connectivity index (χ0v) is 22.2. The second-order valence-corrected chi connectivity index (χ2v) is 10.7. The van der Waals surface area contributed by atoms with E-state index in [2.05, 4.69) is 41.8 Å². The Balaban J connectivity index is 1.31. The fraction of sp³-hybridized carbons (Fsp3) is 0.172. The molecule has 0 aliphatic carbocycles. The van der Waals surface area contributed by atoms with Gasteiger partial charge in [-0.3, -0.25) is 15.2 Å². The van der Waals surface area contributed by atoms with Crippen molar-refractivity contribution in [2.24, 2.45) is 11.0 Å². The second-order valence-electron chi connectivity index (χ2n) is 9.44. The number of halogens is 3. The number of hydrazine groups is 1. The van der Waals surface area contributed by atoms with Crippen molar-refractivity contribution in [2.75, 3.05) is 5.01 Å². The highest BCUT2D eigenvalue weighted by atomic mass is 35.5. The van der Waals surface area contributed by atoms with E-state index in [9.17, 15) is 4.79 Å². The molecule has 0 radical (unpaired) electrons. The predicted octanol–water partition coefficient (Wildman–Crippen LogP) is 7.40. The average molecular weight is 550 g/mol. The number of nitrogens with zero attached hydrogens (tertiary/aromatic N) is 3. The second kappa shape index (κ2) is 9.66. The van der Waals surface area contributed by atoms with E-state index in [1.165, 1.54) is 21.9 Å². The number of amides is 1. The maximum atomic E-state index is 13.6. The van der Waals surface area contributed by atoms with Gasteiger partial charge in [-0.2, -0.15) is 5.10 Å². The van der Waals surface area contributed by atoms with Crippen LogP contribution in [0.15, 0.2) is 84.0 Å². The van der Waals surface area contributed by atoms with Gasteiger partial charge in [0.2, 0.25) is 0 Å². The van der Waals surface area contributed by atoms with Gasteiger partial charge < -0.3 is 0 Å². The lowest BCUT2D eigenvalue weighted by atomic mass is 9.91. The van der Waals surface area contributed by atoms with E-state index in [4.69, 9.17) is 39.9 Å². The fourth-order valence-corrected chi connectivity index (χ4v) is 5.98. The number of anilines is 1. The van der Waals surface area contributed by atoms with Gasteiger partial charge in [-0.15, -0.1) is 0 Å².